The van der Waals surface area contributed by atoms with Gasteiger partial charge >= 0.3 is 0 Å². The summed E-state index contributed by atoms with van der Waals surface area (Å²) < 4.78 is 5.52. The van der Waals surface area contributed by atoms with E-state index in [9.17, 15) is 0 Å². The van der Waals surface area contributed by atoms with Crippen LogP contribution in [0.3, 0.4) is 0 Å². The van der Waals surface area contributed by atoms with Gasteiger partial charge in [-0.3, -0.25) is 0 Å². The zero-order valence-corrected chi connectivity index (χ0v) is 12.0. The van der Waals surface area contributed by atoms with Gasteiger partial charge in [0.25, 0.3) is 0 Å². The Hall–Kier alpha value is -1.81. The summed E-state index contributed by atoms with van der Waals surface area (Å²) in [6.07, 6.45) is 2.77. The lowest BCUT2D eigenvalue weighted by atomic mass is 10.0. The Labute approximate surface area is 114 Å². The summed E-state index contributed by atoms with van der Waals surface area (Å²) in [6.45, 7) is 5.07. The molecule has 0 aliphatic heterocycles. The molecular formula is C15H21N3O. The number of nitrogens with one attached hydrogen (secondary N) is 2. The van der Waals surface area contributed by atoms with Gasteiger partial charge in [-0.1, -0.05) is 6.07 Å². The van der Waals surface area contributed by atoms with Gasteiger partial charge in [-0.2, -0.15) is 0 Å². The molecular weight excluding hydrogens is 238 g/mol. The highest BCUT2D eigenvalue weighted by Crippen LogP contribution is 2.33. The molecule has 4 nitrogen and oxygen atoms in total. The van der Waals surface area contributed by atoms with Crippen molar-refractivity contribution in [3.8, 4) is 17.0 Å². The molecule has 0 atom stereocenters. The van der Waals surface area contributed by atoms with Crippen molar-refractivity contribution in [3.05, 3.63) is 35.3 Å². The first kappa shape index (κ1) is 13.6. The van der Waals surface area contributed by atoms with Crippen LogP contribution >= 0.6 is 0 Å². The van der Waals surface area contributed by atoms with Crippen molar-refractivity contribution in [1.82, 2.24) is 15.3 Å². The number of hydrogen-bond acceptors (Lipinski definition) is 3. The molecule has 102 valence electrons. The molecule has 0 spiro atoms. The summed E-state index contributed by atoms with van der Waals surface area (Å²) >= 11 is 0. The fourth-order valence-corrected chi connectivity index (χ4v) is 2.30. The van der Waals surface area contributed by atoms with Gasteiger partial charge in [-0.15, -0.1) is 0 Å². The van der Waals surface area contributed by atoms with Crippen LogP contribution in [-0.4, -0.2) is 30.7 Å². The first-order chi connectivity index (χ1) is 9.15. The van der Waals surface area contributed by atoms with Crippen molar-refractivity contribution in [3.63, 3.8) is 0 Å². The summed E-state index contributed by atoms with van der Waals surface area (Å²) in [4.78, 5) is 7.78. The molecule has 1 heterocycles. The third-order valence-corrected chi connectivity index (χ3v) is 3.15. The van der Waals surface area contributed by atoms with Gasteiger partial charge in [-0.25, -0.2) is 4.98 Å². The molecule has 0 saturated carbocycles. The van der Waals surface area contributed by atoms with Crippen molar-refractivity contribution in [2.24, 2.45) is 0 Å². The Kier molecular flexibility index (Phi) is 4.22. The lowest BCUT2D eigenvalue weighted by Crippen LogP contribution is -2.11. The molecule has 0 amide bonds. The van der Waals surface area contributed by atoms with Gasteiger partial charge in [0.05, 0.1) is 19.0 Å². The molecule has 0 aliphatic carbocycles. The first-order valence-corrected chi connectivity index (χ1v) is 6.49. The van der Waals surface area contributed by atoms with Crippen molar-refractivity contribution < 1.29 is 4.74 Å². The molecule has 0 bridgehead atoms. The van der Waals surface area contributed by atoms with E-state index in [1.807, 2.05) is 13.2 Å². The maximum atomic E-state index is 5.52. The standard InChI is InChI=1S/C15H21N3O/c1-10-7-11(2)15(19-4)12(8-10)13-9-17-14(18-13)5-6-16-3/h7-9,16H,5-6H2,1-4H3,(H,17,18). The highest BCUT2D eigenvalue weighted by molar-refractivity contribution is 5.70. The molecule has 1 aromatic heterocycles. The molecule has 1 aromatic carbocycles. The quantitative estimate of drug-likeness (QED) is 0.867. The van der Waals surface area contributed by atoms with Gasteiger partial charge in [0.2, 0.25) is 0 Å². The van der Waals surface area contributed by atoms with E-state index in [0.29, 0.717) is 0 Å². The normalized spacial score (nSPS) is 10.7. The van der Waals surface area contributed by atoms with Crippen LogP contribution < -0.4 is 10.1 Å². The summed E-state index contributed by atoms with van der Waals surface area (Å²) in [5, 5.41) is 3.12. The van der Waals surface area contributed by atoms with E-state index >= 15 is 0 Å². The van der Waals surface area contributed by atoms with Gasteiger partial charge < -0.3 is 15.0 Å². The Morgan fingerprint density at radius 2 is 2.11 bits per heavy atom. The highest BCUT2D eigenvalue weighted by atomic mass is 16.5. The first-order valence-electron chi connectivity index (χ1n) is 6.49. The predicted octanol–water partition coefficient (Wildman–Crippen LogP) is 2.46. The van der Waals surface area contributed by atoms with Crippen LogP contribution in [0.4, 0.5) is 0 Å². The summed E-state index contributed by atoms with van der Waals surface area (Å²) in [7, 11) is 3.65. The molecule has 2 rings (SSSR count). The number of benzene rings is 1. The second-order valence-corrected chi connectivity index (χ2v) is 4.76. The number of aromatic amines is 1. The Bertz CT molecular complexity index is 561. The predicted molar refractivity (Wildman–Crippen MR) is 77.7 cm³/mol. The van der Waals surface area contributed by atoms with Crippen molar-refractivity contribution >= 4 is 0 Å². The average Bonchev–Trinajstić information content (AvgIpc) is 2.84. The second kappa shape index (κ2) is 5.89. The Balaban J connectivity index is 2.38. The van der Waals surface area contributed by atoms with Crippen LogP contribution in [0.2, 0.25) is 0 Å². The van der Waals surface area contributed by atoms with E-state index in [1.165, 1.54) is 5.56 Å². The van der Waals surface area contributed by atoms with Crippen LogP contribution in [0.5, 0.6) is 5.75 Å². The van der Waals surface area contributed by atoms with E-state index in [4.69, 9.17) is 4.74 Å². The molecule has 2 N–H and O–H groups in total. The average molecular weight is 259 g/mol. The minimum absolute atomic E-state index is 0.892. The highest BCUT2D eigenvalue weighted by Gasteiger charge is 2.12. The molecule has 0 radical (unpaired) electrons. The zero-order valence-electron chi connectivity index (χ0n) is 12.0. The second-order valence-electron chi connectivity index (χ2n) is 4.76. The molecule has 0 saturated heterocycles. The maximum Gasteiger partial charge on any atom is 0.131 e. The number of rotatable bonds is 5. The number of imidazole rings is 1. The van der Waals surface area contributed by atoms with Gasteiger partial charge in [-0.05, 0) is 38.1 Å². The van der Waals surface area contributed by atoms with Gasteiger partial charge in [0.1, 0.15) is 11.6 Å². The van der Waals surface area contributed by atoms with E-state index in [0.717, 1.165) is 41.4 Å². The minimum atomic E-state index is 0.892. The number of H-pyrrole nitrogens is 1. The van der Waals surface area contributed by atoms with E-state index in [2.05, 4.69) is 41.3 Å². The van der Waals surface area contributed by atoms with E-state index < -0.39 is 0 Å². The monoisotopic (exact) mass is 259 g/mol. The van der Waals surface area contributed by atoms with E-state index in [1.54, 1.807) is 7.11 Å². The van der Waals surface area contributed by atoms with Gasteiger partial charge in [0, 0.05) is 18.5 Å². The van der Waals surface area contributed by atoms with Crippen LogP contribution in [0, 0.1) is 13.8 Å². The smallest absolute Gasteiger partial charge is 0.131 e. The number of likely N-dealkylation sites (N-methyl/N-ethyl adjacent to an activating group) is 1. The summed E-state index contributed by atoms with van der Waals surface area (Å²) in [5.41, 5.74) is 4.45. The largest absolute Gasteiger partial charge is 0.496 e. The molecule has 0 aliphatic rings. The van der Waals surface area contributed by atoms with E-state index in [-0.39, 0.29) is 0 Å². The van der Waals surface area contributed by atoms with Crippen LogP contribution in [0.25, 0.3) is 11.3 Å². The number of nitrogens with zero attached hydrogens (tertiary/aromatic N) is 1. The fraction of sp³-hybridized carbons (Fsp3) is 0.400. The van der Waals surface area contributed by atoms with Crippen LogP contribution in [0.1, 0.15) is 17.0 Å². The lowest BCUT2D eigenvalue weighted by Gasteiger charge is -2.11. The Morgan fingerprint density at radius 1 is 1.32 bits per heavy atom. The SMILES string of the molecule is CNCCc1ncc(-c2cc(C)cc(C)c2OC)[nH]1. The zero-order chi connectivity index (χ0) is 13.8. The summed E-state index contributed by atoms with van der Waals surface area (Å²) in [5.74, 6) is 1.90. The molecule has 4 heteroatoms. The molecule has 19 heavy (non-hydrogen) atoms. The van der Waals surface area contributed by atoms with Crippen molar-refractivity contribution in [1.29, 1.82) is 0 Å². The third kappa shape index (κ3) is 2.96. The van der Waals surface area contributed by atoms with Crippen LogP contribution in [-0.2, 0) is 6.42 Å². The number of ether oxygens (including phenoxy) is 1. The summed E-state index contributed by atoms with van der Waals surface area (Å²) in [6, 6.07) is 4.25. The third-order valence-electron chi connectivity index (χ3n) is 3.15. The number of methoxy groups -OCH3 is 1. The molecule has 0 fully saturated rings. The van der Waals surface area contributed by atoms with Crippen molar-refractivity contribution in [2.45, 2.75) is 20.3 Å². The number of hydrogen-bond donors (Lipinski definition) is 2. The maximum absolute atomic E-state index is 5.52. The van der Waals surface area contributed by atoms with Crippen LogP contribution in [0.15, 0.2) is 18.3 Å². The number of aromatic nitrogens is 2. The minimum Gasteiger partial charge on any atom is -0.496 e. The molecule has 0 unspecified atom stereocenters. The number of aryl methyl sites for hydroxylation is 2. The fourth-order valence-electron chi connectivity index (χ4n) is 2.30. The van der Waals surface area contributed by atoms with Gasteiger partial charge in [0.15, 0.2) is 0 Å². The molecule has 2 aromatic rings. The topological polar surface area (TPSA) is 49.9 Å². The van der Waals surface area contributed by atoms with Crippen molar-refractivity contribution in [2.75, 3.05) is 20.7 Å². The lowest BCUT2D eigenvalue weighted by molar-refractivity contribution is 0.413. The Morgan fingerprint density at radius 3 is 2.79 bits per heavy atom.